The summed E-state index contributed by atoms with van der Waals surface area (Å²) < 4.78 is 42.4. The van der Waals surface area contributed by atoms with Crippen LogP contribution >= 0.6 is 0 Å². The molecule has 1 aliphatic carbocycles. The van der Waals surface area contributed by atoms with Gasteiger partial charge in [0.15, 0.2) is 0 Å². The Morgan fingerprint density at radius 2 is 1.82 bits per heavy atom. The molecule has 1 atom stereocenters. The predicted molar refractivity (Wildman–Crippen MR) is 77.0 cm³/mol. The quantitative estimate of drug-likeness (QED) is 0.757. The average Bonchev–Trinajstić information content (AvgIpc) is 2.46. The molecule has 0 aromatic heterocycles. The van der Waals surface area contributed by atoms with Gasteiger partial charge >= 0.3 is 0 Å². The first kappa shape index (κ1) is 14.6. The summed E-state index contributed by atoms with van der Waals surface area (Å²) >= 11 is 0. The zero-order valence-corrected chi connectivity index (χ0v) is 12.1. The molecule has 0 amide bonds. The van der Waals surface area contributed by atoms with Gasteiger partial charge in [0.25, 0.3) is 0 Å². The second-order valence-electron chi connectivity index (χ2n) is 5.76. The van der Waals surface area contributed by atoms with Gasteiger partial charge in [-0.15, -0.1) is 0 Å². The fraction of sp³-hybridized carbons (Fsp3) is 0.278. The van der Waals surface area contributed by atoms with E-state index in [0.29, 0.717) is 30.4 Å². The van der Waals surface area contributed by atoms with Crippen molar-refractivity contribution in [2.75, 3.05) is 0 Å². The van der Waals surface area contributed by atoms with E-state index in [9.17, 15) is 13.2 Å². The molecule has 0 spiro atoms. The normalized spacial score (nSPS) is 17.0. The number of benzene rings is 2. The minimum atomic E-state index is -0.542. The molecular formula is C18H14F3N. The highest BCUT2D eigenvalue weighted by molar-refractivity contribution is 5.43. The van der Waals surface area contributed by atoms with Crippen LogP contribution in [0.25, 0.3) is 0 Å². The molecule has 1 aliphatic rings. The van der Waals surface area contributed by atoms with Crippen molar-refractivity contribution in [3.05, 3.63) is 69.5 Å². The number of fused-ring (bicyclic) bond motifs is 1. The van der Waals surface area contributed by atoms with Crippen LogP contribution in [0.1, 0.15) is 40.2 Å². The Hall–Kier alpha value is -2.28. The molecule has 3 rings (SSSR count). The van der Waals surface area contributed by atoms with Crippen LogP contribution in [-0.2, 0) is 12.8 Å². The Kier molecular flexibility index (Phi) is 3.66. The smallest absolute Gasteiger partial charge is 0.144 e. The first-order valence-electron chi connectivity index (χ1n) is 7.17. The molecule has 1 unspecified atom stereocenters. The molecule has 0 heterocycles. The second-order valence-corrected chi connectivity index (χ2v) is 5.76. The lowest BCUT2D eigenvalue weighted by Crippen LogP contribution is -2.17. The van der Waals surface area contributed by atoms with Crippen molar-refractivity contribution in [1.82, 2.24) is 0 Å². The molecule has 0 saturated heterocycles. The van der Waals surface area contributed by atoms with Gasteiger partial charge in [-0.05, 0) is 67.0 Å². The zero-order chi connectivity index (χ0) is 15.9. The van der Waals surface area contributed by atoms with Gasteiger partial charge in [-0.3, -0.25) is 0 Å². The van der Waals surface area contributed by atoms with E-state index in [1.54, 1.807) is 13.0 Å². The first-order chi connectivity index (χ1) is 10.5. The minimum absolute atomic E-state index is 0.0184. The van der Waals surface area contributed by atoms with Crippen LogP contribution in [0.15, 0.2) is 24.3 Å². The lowest BCUT2D eigenvalue weighted by atomic mass is 9.79. The van der Waals surface area contributed by atoms with Crippen LogP contribution in [0.5, 0.6) is 0 Å². The monoisotopic (exact) mass is 301 g/mol. The van der Waals surface area contributed by atoms with Crippen molar-refractivity contribution in [2.24, 2.45) is 0 Å². The molecule has 112 valence electrons. The van der Waals surface area contributed by atoms with Crippen LogP contribution in [0.2, 0.25) is 0 Å². The summed E-state index contributed by atoms with van der Waals surface area (Å²) in [4.78, 5) is 0. The molecule has 2 aromatic carbocycles. The van der Waals surface area contributed by atoms with E-state index in [1.807, 2.05) is 6.07 Å². The number of hydrogen-bond donors (Lipinski definition) is 0. The largest absolute Gasteiger partial charge is 0.207 e. The van der Waals surface area contributed by atoms with E-state index in [4.69, 9.17) is 5.26 Å². The maximum absolute atomic E-state index is 14.1. The van der Waals surface area contributed by atoms with E-state index in [-0.39, 0.29) is 17.0 Å². The molecule has 0 N–H and O–H groups in total. The van der Waals surface area contributed by atoms with E-state index >= 15 is 0 Å². The third-order valence-electron chi connectivity index (χ3n) is 4.30. The molecule has 0 saturated carbocycles. The van der Waals surface area contributed by atoms with Crippen molar-refractivity contribution in [3.8, 4) is 6.07 Å². The first-order valence-corrected chi connectivity index (χ1v) is 7.17. The highest BCUT2D eigenvalue weighted by atomic mass is 19.1. The second kappa shape index (κ2) is 5.49. The average molecular weight is 301 g/mol. The number of halogens is 3. The van der Waals surface area contributed by atoms with Gasteiger partial charge < -0.3 is 0 Å². The third kappa shape index (κ3) is 2.37. The van der Waals surface area contributed by atoms with Crippen molar-refractivity contribution in [1.29, 1.82) is 5.26 Å². The molecule has 2 aromatic rings. The van der Waals surface area contributed by atoms with Crippen LogP contribution in [0, 0.1) is 35.7 Å². The lowest BCUT2D eigenvalue weighted by molar-refractivity contribution is 0.481. The minimum Gasteiger partial charge on any atom is -0.207 e. The van der Waals surface area contributed by atoms with Crippen LogP contribution in [-0.4, -0.2) is 0 Å². The highest BCUT2D eigenvalue weighted by Gasteiger charge is 2.27. The van der Waals surface area contributed by atoms with Gasteiger partial charge in [-0.25, -0.2) is 13.2 Å². The summed E-state index contributed by atoms with van der Waals surface area (Å²) in [5.74, 6) is -1.89. The number of nitriles is 1. The van der Waals surface area contributed by atoms with Crippen molar-refractivity contribution >= 4 is 0 Å². The fourth-order valence-corrected chi connectivity index (χ4v) is 3.24. The molecule has 4 heteroatoms. The molecule has 22 heavy (non-hydrogen) atoms. The number of nitrogens with zero attached hydrogens (tertiary/aromatic N) is 1. The summed E-state index contributed by atoms with van der Waals surface area (Å²) in [6.45, 7) is 1.64. The van der Waals surface area contributed by atoms with Crippen molar-refractivity contribution in [3.63, 3.8) is 0 Å². The molecule has 0 aliphatic heterocycles. The third-order valence-corrected chi connectivity index (χ3v) is 4.30. The maximum Gasteiger partial charge on any atom is 0.144 e. The predicted octanol–water partition coefficient (Wildman–Crippen LogP) is 4.56. The number of aryl methyl sites for hydroxylation is 1. The molecular weight excluding hydrogens is 287 g/mol. The molecule has 0 fully saturated rings. The number of hydrogen-bond acceptors (Lipinski definition) is 1. The summed E-state index contributed by atoms with van der Waals surface area (Å²) in [7, 11) is 0. The van der Waals surface area contributed by atoms with E-state index in [1.165, 1.54) is 18.2 Å². The fourth-order valence-electron chi connectivity index (χ4n) is 3.24. The van der Waals surface area contributed by atoms with E-state index < -0.39 is 17.5 Å². The van der Waals surface area contributed by atoms with Gasteiger partial charge in [-0.2, -0.15) is 5.26 Å². The van der Waals surface area contributed by atoms with Gasteiger partial charge in [0.1, 0.15) is 23.5 Å². The van der Waals surface area contributed by atoms with E-state index in [0.717, 1.165) is 5.56 Å². The molecule has 0 bridgehead atoms. The highest BCUT2D eigenvalue weighted by Crippen LogP contribution is 2.37. The molecule has 1 nitrogen and oxygen atoms in total. The Labute approximate surface area is 127 Å². The van der Waals surface area contributed by atoms with Gasteiger partial charge in [-0.1, -0.05) is 6.07 Å². The van der Waals surface area contributed by atoms with E-state index in [2.05, 4.69) is 0 Å². The van der Waals surface area contributed by atoms with Crippen LogP contribution in [0.4, 0.5) is 13.2 Å². The van der Waals surface area contributed by atoms with Crippen LogP contribution < -0.4 is 0 Å². The van der Waals surface area contributed by atoms with Gasteiger partial charge in [0.2, 0.25) is 0 Å². The van der Waals surface area contributed by atoms with Crippen molar-refractivity contribution < 1.29 is 13.2 Å². The van der Waals surface area contributed by atoms with Gasteiger partial charge in [0.05, 0.1) is 5.56 Å². The van der Waals surface area contributed by atoms with Crippen molar-refractivity contribution in [2.45, 2.75) is 32.1 Å². The summed E-state index contributed by atoms with van der Waals surface area (Å²) in [5, 5.41) is 8.86. The topological polar surface area (TPSA) is 23.8 Å². The lowest BCUT2D eigenvalue weighted by Gasteiger charge is -2.26. The SMILES string of the molecule is Cc1cc(F)c(C2CCc3c(ccc(C#N)c3F)C2)c(F)c1. The Balaban J connectivity index is 2.00. The Morgan fingerprint density at radius 1 is 1.14 bits per heavy atom. The summed E-state index contributed by atoms with van der Waals surface area (Å²) in [6.07, 6.45) is 1.23. The number of rotatable bonds is 1. The standard InChI is InChI=1S/C18H14F3N/c1-10-6-15(19)17(16(20)7-10)12-4-5-14-11(8-12)2-3-13(9-22)18(14)21/h2-3,6-7,12H,4-5,8H2,1H3. The van der Waals surface area contributed by atoms with Gasteiger partial charge in [0, 0.05) is 5.56 Å². The zero-order valence-electron chi connectivity index (χ0n) is 12.1. The summed E-state index contributed by atoms with van der Waals surface area (Å²) in [5.41, 5.74) is 1.88. The van der Waals surface area contributed by atoms with Crippen LogP contribution in [0.3, 0.4) is 0 Å². The molecule has 0 radical (unpaired) electrons. The Morgan fingerprint density at radius 3 is 2.45 bits per heavy atom. The maximum atomic E-state index is 14.1. The summed E-state index contributed by atoms with van der Waals surface area (Å²) in [6, 6.07) is 7.59. The Bertz CT molecular complexity index is 767.